The number of piperidine rings is 1. The summed E-state index contributed by atoms with van der Waals surface area (Å²) in [6.07, 6.45) is 3.59. The fourth-order valence-corrected chi connectivity index (χ4v) is 4.26. The molecule has 3 rings (SSSR count). The molecule has 3 atom stereocenters. The zero-order valence-electron chi connectivity index (χ0n) is 12.7. The van der Waals surface area contributed by atoms with Crippen molar-refractivity contribution in [2.75, 3.05) is 13.1 Å². The third kappa shape index (κ3) is 2.23. The second kappa shape index (κ2) is 5.57. The van der Waals surface area contributed by atoms with Gasteiger partial charge in [0.05, 0.1) is 0 Å². The Morgan fingerprint density at radius 1 is 1.40 bits per heavy atom. The lowest BCUT2D eigenvalue weighted by molar-refractivity contribution is 0.0315. The molecule has 0 aromatic heterocycles. The van der Waals surface area contributed by atoms with Crippen molar-refractivity contribution in [1.29, 1.82) is 0 Å². The van der Waals surface area contributed by atoms with Gasteiger partial charge in [-0.2, -0.15) is 0 Å². The highest BCUT2D eigenvalue weighted by molar-refractivity contribution is 5.85. The fourth-order valence-electron chi connectivity index (χ4n) is 4.26. The monoisotopic (exact) mass is 295 g/mol. The van der Waals surface area contributed by atoms with E-state index >= 15 is 0 Å². The third-order valence-electron chi connectivity index (χ3n) is 5.62. The Morgan fingerprint density at radius 2 is 2.15 bits per heavy atom. The van der Waals surface area contributed by atoms with Crippen LogP contribution in [0.1, 0.15) is 44.7 Å². The van der Waals surface area contributed by atoms with Gasteiger partial charge in [0.25, 0.3) is 0 Å². The van der Waals surface area contributed by atoms with E-state index < -0.39 is 0 Å². The maximum absolute atomic E-state index is 9.81. The number of halogens is 1. The van der Waals surface area contributed by atoms with Crippen molar-refractivity contribution in [1.82, 2.24) is 4.90 Å². The van der Waals surface area contributed by atoms with Gasteiger partial charge in [0.1, 0.15) is 5.75 Å². The van der Waals surface area contributed by atoms with Gasteiger partial charge in [-0.05, 0) is 66.9 Å². The number of likely N-dealkylation sites (tertiary alicyclic amines) is 1. The topological polar surface area (TPSA) is 23.5 Å². The first-order chi connectivity index (χ1) is 9.06. The second-order valence-electron chi connectivity index (χ2n) is 6.61. The lowest BCUT2D eigenvalue weighted by Gasteiger charge is -2.54. The van der Waals surface area contributed by atoms with Crippen LogP contribution in [0.15, 0.2) is 18.2 Å². The van der Waals surface area contributed by atoms with E-state index in [9.17, 15) is 5.11 Å². The highest BCUT2D eigenvalue weighted by Crippen LogP contribution is 2.49. The molecule has 3 unspecified atom stereocenters. The first-order valence-corrected chi connectivity index (χ1v) is 7.62. The molecule has 1 aliphatic heterocycles. The molecule has 20 heavy (non-hydrogen) atoms. The maximum atomic E-state index is 9.81. The first kappa shape index (κ1) is 15.7. The molecule has 1 aromatic rings. The van der Waals surface area contributed by atoms with Gasteiger partial charge in [0.2, 0.25) is 0 Å². The number of fused-ring (bicyclic) bond motifs is 4. The molecule has 0 spiro atoms. The number of phenols is 1. The van der Waals surface area contributed by atoms with Gasteiger partial charge in [-0.25, -0.2) is 0 Å². The van der Waals surface area contributed by atoms with Crippen molar-refractivity contribution in [3.05, 3.63) is 29.3 Å². The van der Waals surface area contributed by atoms with Crippen LogP contribution in [0.3, 0.4) is 0 Å². The van der Waals surface area contributed by atoms with Crippen molar-refractivity contribution >= 4 is 12.4 Å². The van der Waals surface area contributed by atoms with E-state index in [2.05, 4.69) is 31.7 Å². The minimum Gasteiger partial charge on any atom is -0.508 e. The molecule has 0 amide bonds. The standard InChI is InChI=1S/C17H25NO.ClH/c1-4-8-18-9-7-17(3)12(2)16(18)10-13-5-6-14(19)11-15(13)17;/h5-6,11-12,16,19H,4,7-10H2,1-3H3;1H. The molecule has 2 aliphatic rings. The quantitative estimate of drug-likeness (QED) is 0.898. The summed E-state index contributed by atoms with van der Waals surface area (Å²) in [6, 6.07) is 6.67. The van der Waals surface area contributed by atoms with Gasteiger partial charge >= 0.3 is 0 Å². The summed E-state index contributed by atoms with van der Waals surface area (Å²) in [4.78, 5) is 2.68. The van der Waals surface area contributed by atoms with E-state index in [0.717, 1.165) is 6.42 Å². The fraction of sp³-hybridized carbons (Fsp3) is 0.647. The average Bonchev–Trinajstić information content (AvgIpc) is 2.38. The largest absolute Gasteiger partial charge is 0.508 e. The number of hydrogen-bond donors (Lipinski definition) is 1. The summed E-state index contributed by atoms with van der Waals surface area (Å²) in [5, 5.41) is 9.81. The molecule has 1 aliphatic carbocycles. The van der Waals surface area contributed by atoms with Crippen LogP contribution in [-0.2, 0) is 11.8 Å². The van der Waals surface area contributed by atoms with Crippen LogP contribution in [0.4, 0.5) is 0 Å². The van der Waals surface area contributed by atoms with Gasteiger partial charge in [-0.1, -0.05) is 26.8 Å². The van der Waals surface area contributed by atoms with Crippen LogP contribution in [0.25, 0.3) is 0 Å². The summed E-state index contributed by atoms with van der Waals surface area (Å²) >= 11 is 0. The van der Waals surface area contributed by atoms with Gasteiger partial charge in [-0.15, -0.1) is 12.4 Å². The highest BCUT2D eigenvalue weighted by atomic mass is 35.5. The van der Waals surface area contributed by atoms with Gasteiger partial charge in [0, 0.05) is 6.04 Å². The SMILES string of the molecule is CCCN1CCC2(C)c3cc(O)ccc3CC1C2C.Cl. The molecule has 0 saturated carbocycles. The highest BCUT2D eigenvalue weighted by Gasteiger charge is 2.48. The summed E-state index contributed by atoms with van der Waals surface area (Å²) in [5.41, 5.74) is 3.08. The summed E-state index contributed by atoms with van der Waals surface area (Å²) < 4.78 is 0. The zero-order valence-corrected chi connectivity index (χ0v) is 13.5. The molecule has 1 aromatic carbocycles. The minimum absolute atomic E-state index is 0. The molecule has 2 bridgehead atoms. The van der Waals surface area contributed by atoms with Gasteiger partial charge < -0.3 is 5.11 Å². The van der Waals surface area contributed by atoms with Crippen LogP contribution < -0.4 is 0 Å². The van der Waals surface area contributed by atoms with Crippen LogP contribution in [0, 0.1) is 5.92 Å². The number of nitrogens with zero attached hydrogens (tertiary/aromatic N) is 1. The van der Waals surface area contributed by atoms with E-state index in [1.807, 2.05) is 12.1 Å². The molecule has 1 heterocycles. The zero-order chi connectivity index (χ0) is 13.6. The van der Waals surface area contributed by atoms with E-state index in [0.29, 0.717) is 17.7 Å². The molecule has 0 radical (unpaired) electrons. The van der Waals surface area contributed by atoms with Crippen molar-refractivity contribution in [3.8, 4) is 5.75 Å². The Kier molecular flexibility index (Phi) is 4.36. The van der Waals surface area contributed by atoms with E-state index in [1.165, 1.54) is 37.1 Å². The summed E-state index contributed by atoms with van der Waals surface area (Å²) in [6.45, 7) is 9.49. The van der Waals surface area contributed by atoms with E-state index in [1.54, 1.807) is 0 Å². The smallest absolute Gasteiger partial charge is 0.115 e. The van der Waals surface area contributed by atoms with Crippen LogP contribution in [-0.4, -0.2) is 29.1 Å². The number of rotatable bonds is 2. The summed E-state index contributed by atoms with van der Waals surface area (Å²) in [7, 11) is 0. The molecular formula is C17H26ClNO. The van der Waals surface area contributed by atoms with Crippen molar-refractivity contribution in [3.63, 3.8) is 0 Å². The number of benzene rings is 1. The number of aromatic hydroxyl groups is 1. The third-order valence-corrected chi connectivity index (χ3v) is 5.62. The molecular weight excluding hydrogens is 270 g/mol. The lowest BCUT2D eigenvalue weighted by atomic mass is 9.59. The predicted octanol–water partition coefficient (Wildman–Crippen LogP) is 3.75. The van der Waals surface area contributed by atoms with Crippen molar-refractivity contribution < 1.29 is 5.11 Å². The first-order valence-electron chi connectivity index (χ1n) is 7.62. The Morgan fingerprint density at radius 3 is 2.85 bits per heavy atom. The second-order valence-corrected chi connectivity index (χ2v) is 6.61. The van der Waals surface area contributed by atoms with Gasteiger partial charge in [-0.3, -0.25) is 4.90 Å². The normalized spacial score (nSPS) is 32.4. The average molecular weight is 296 g/mol. The molecule has 3 heteroatoms. The van der Waals surface area contributed by atoms with Crippen molar-refractivity contribution in [2.45, 2.75) is 51.5 Å². The van der Waals surface area contributed by atoms with E-state index in [-0.39, 0.29) is 17.8 Å². The van der Waals surface area contributed by atoms with Crippen LogP contribution >= 0.6 is 12.4 Å². The molecule has 1 fully saturated rings. The molecule has 1 saturated heterocycles. The number of hydrogen-bond acceptors (Lipinski definition) is 2. The molecule has 2 nitrogen and oxygen atoms in total. The molecule has 1 N–H and O–H groups in total. The van der Waals surface area contributed by atoms with Crippen LogP contribution in [0.2, 0.25) is 0 Å². The van der Waals surface area contributed by atoms with Crippen LogP contribution in [0.5, 0.6) is 5.75 Å². The minimum atomic E-state index is 0. The molecule has 112 valence electrons. The van der Waals surface area contributed by atoms with E-state index in [4.69, 9.17) is 0 Å². The Balaban J connectivity index is 0.00000147. The van der Waals surface area contributed by atoms with Gasteiger partial charge in [0.15, 0.2) is 0 Å². The number of phenolic OH excluding ortho intramolecular Hbond substituents is 1. The van der Waals surface area contributed by atoms with Crippen molar-refractivity contribution in [2.24, 2.45) is 5.92 Å². The maximum Gasteiger partial charge on any atom is 0.115 e. The summed E-state index contributed by atoms with van der Waals surface area (Å²) in [5.74, 6) is 1.09. The Bertz CT molecular complexity index is 490. The Hall–Kier alpha value is -0.730. The lowest BCUT2D eigenvalue weighted by Crippen LogP contribution is -2.57. The predicted molar refractivity (Wildman–Crippen MR) is 85.8 cm³/mol. The Labute approximate surface area is 128 Å².